The second-order valence-corrected chi connectivity index (χ2v) is 2.92. The molecule has 2 rings (SSSR count). The molecular formula is C7H10N4O. The molecule has 1 aromatic rings. The van der Waals surface area contributed by atoms with Crippen LogP contribution in [0.4, 0.5) is 5.69 Å². The van der Waals surface area contributed by atoms with Crippen molar-refractivity contribution in [2.24, 2.45) is 5.18 Å². The fourth-order valence-electron chi connectivity index (χ4n) is 1.44. The predicted octanol–water partition coefficient (Wildman–Crippen LogP) is 0.815. The second kappa shape index (κ2) is 3.02. The van der Waals surface area contributed by atoms with Crippen molar-refractivity contribution in [2.45, 2.75) is 12.5 Å². The van der Waals surface area contributed by atoms with Crippen LogP contribution in [-0.4, -0.2) is 22.9 Å². The number of nitrogens with zero attached hydrogens (tertiary/aromatic N) is 3. The summed E-state index contributed by atoms with van der Waals surface area (Å²) in [4.78, 5) is 10.1. The minimum atomic E-state index is 0.389. The first-order valence-corrected chi connectivity index (χ1v) is 3.98. The molecule has 1 saturated heterocycles. The number of nitrogens with one attached hydrogen (secondary N) is 1. The summed E-state index contributed by atoms with van der Waals surface area (Å²) >= 11 is 0. The number of hydrogen-bond donors (Lipinski definition) is 1. The molecule has 0 spiro atoms. The topological polar surface area (TPSA) is 59.3 Å². The van der Waals surface area contributed by atoms with E-state index in [1.54, 1.807) is 10.9 Å². The van der Waals surface area contributed by atoms with Gasteiger partial charge < -0.3 is 5.32 Å². The molecule has 0 bridgehead atoms. The first-order valence-electron chi connectivity index (χ1n) is 3.98. The maximum Gasteiger partial charge on any atom is 0.145 e. The molecule has 0 aliphatic carbocycles. The van der Waals surface area contributed by atoms with E-state index in [-0.39, 0.29) is 0 Å². The molecule has 64 valence electrons. The molecule has 1 aliphatic rings. The highest BCUT2D eigenvalue weighted by atomic mass is 16.3. The quantitative estimate of drug-likeness (QED) is 0.661. The minimum Gasteiger partial charge on any atom is -0.315 e. The summed E-state index contributed by atoms with van der Waals surface area (Å²) < 4.78 is 1.80. The van der Waals surface area contributed by atoms with Gasteiger partial charge in [-0.15, -0.1) is 4.91 Å². The van der Waals surface area contributed by atoms with E-state index in [9.17, 15) is 4.91 Å². The normalized spacial score (nSPS) is 22.8. The predicted molar refractivity (Wildman–Crippen MR) is 44.2 cm³/mol. The molecule has 0 radical (unpaired) electrons. The Morgan fingerprint density at radius 3 is 3.25 bits per heavy atom. The fourth-order valence-corrected chi connectivity index (χ4v) is 1.44. The number of nitroso groups, excluding NO2 is 1. The van der Waals surface area contributed by atoms with Gasteiger partial charge >= 0.3 is 0 Å². The average Bonchev–Trinajstić information content (AvgIpc) is 2.75. The van der Waals surface area contributed by atoms with Crippen LogP contribution >= 0.6 is 0 Å². The van der Waals surface area contributed by atoms with Crippen LogP contribution in [0, 0.1) is 4.91 Å². The zero-order valence-corrected chi connectivity index (χ0v) is 6.60. The van der Waals surface area contributed by atoms with Crippen molar-refractivity contribution in [2.75, 3.05) is 13.1 Å². The van der Waals surface area contributed by atoms with E-state index in [2.05, 4.69) is 15.6 Å². The minimum absolute atomic E-state index is 0.389. The van der Waals surface area contributed by atoms with Gasteiger partial charge in [0, 0.05) is 6.54 Å². The molecular weight excluding hydrogens is 156 g/mol. The lowest BCUT2D eigenvalue weighted by Gasteiger charge is -2.06. The summed E-state index contributed by atoms with van der Waals surface area (Å²) in [7, 11) is 0. The summed E-state index contributed by atoms with van der Waals surface area (Å²) in [6.07, 6.45) is 4.25. The highest BCUT2D eigenvalue weighted by Crippen LogP contribution is 2.17. The van der Waals surface area contributed by atoms with Gasteiger partial charge in [-0.05, 0) is 18.1 Å². The van der Waals surface area contributed by atoms with Gasteiger partial charge in [0.15, 0.2) is 0 Å². The summed E-state index contributed by atoms with van der Waals surface area (Å²) in [6, 6.07) is 0.389. The van der Waals surface area contributed by atoms with Gasteiger partial charge in [0.25, 0.3) is 0 Å². The Morgan fingerprint density at radius 1 is 1.75 bits per heavy atom. The molecule has 1 N–H and O–H groups in total. The fraction of sp³-hybridized carbons (Fsp3) is 0.571. The zero-order chi connectivity index (χ0) is 8.39. The third kappa shape index (κ3) is 1.23. The molecule has 1 atom stereocenters. The maximum absolute atomic E-state index is 10.1. The van der Waals surface area contributed by atoms with Crippen molar-refractivity contribution >= 4 is 5.69 Å². The first kappa shape index (κ1) is 7.42. The molecule has 5 nitrogen and oxygen atoms in total. The molecule has 1 fully saturated rings. The summed E-state index contributed by atoms with van der Waals surface area (Å²) in [5.41, 5.74) is 0.405. The Bertz CT molecular complexity index is 277. The molecule has 1 aliphatic heterocycles. The van der Waals surface area contributed by atoms with E-state index in [1.807, 2.05) is 0 Å². The maximum atomic E-state index is 10.1. The van der Waals surface area contributed by atoms with Crippen LogP contribution in [0.1, 0.15) is 12.5 Å². The molecule has 0 amide bonds. The van der Waals surface area contributed by atoms with Crippen molar-refractivity contribution in [3.8, 4) is 0 Å². The Hall–Kier alpha value is -1.23. The SMILES string of the molecule is O=Nc1cnn([C@@H]2CCNC2)c1. The lowest BCUT2D eigenvalue weighted by atomic mass is 10.3. The van der Waals surface area contributed by atoms with Gasteiger partial charge in [0.2, 0.25) is 0 Å². The Kier molecular flexibility index (Phi) is 1.87. The lowest BCUT2D eigenvalue weighted by Crippen LogP contribution is -2.13. The van der Waals surface area contributed by atoms with Crippen molar-refractivity contribution in [1.82, 2.24) is 15.1 Å². The standard InChI is InChI=1S/C7H10N4O/c12-10-6-3-9-11(5-6)7-1-2-8-4-7/h3,5,7-8H,1-2,4H2/t7-/m1/s1. The van der Waals surface area contributed by atoms with E-state index in [1.165, 1.54) is 6.20 Å². The molecule has 0 unspecified atom stereocenters. The highest BCUT2D eigenvalue weighted by Gasteiger charge is 2.16. The van der Waals surface area contributed by atoms with Crippen LogP contribution in [0.3, 0.4) is 0 Å². The van der Waals surface area contributed by atoms with Gasteiger partial charge in [-0.3, -0.25) is 4.68 Å². The largest absolute Gasteiger partial charge is 0.315 e. The molecule has 1 aromatic heterocycles. The van der Waals surface area contributed by atoms with Crippen molar-refractivity contribution in [1.29, 1.82) is 0 Å². The summed E-state index contributed by atoms with van der Waals surface area (Å²) in [5, 5.41) is 10.1. The lowest BCUT2D eigenvalue weighted by molar-refractivity contribution is 0.491. The van der Waals surface area contributed by atoms with Gasteiger partial charge in [0.05, 0.1) is 18.4 Å². The van der Waals surface area contributed by atoms with E-state index < -0.39 is 0 Å². The number of rotatable bonds is 2. The van der Waals surface area contributed by atoms with Crippen molar-refractivity contribution in [3.63, 3.8) is 0 Å². The Labute approximate surface area is 69.7 Å². The molecule has 0 aromatic carbocycles. The molecule has 12 heavy (non-hydrogen) atoms. The highest BCUT2D eigenvalue weighted by molar-refractivity contribution is 5.29. The van der Waals surface area contributed by atoms with Gasteiger partial charge in [-0.25, -0.2) is 0 Å². The van der Waals surface area contributed by atoms with Crippen LogP contribution < -0.4 is 5.32 Å². The van der Waals surface area contributed by atoms with Crippen molar-refractivity contribution in [3.05, 3.63) is 17.3 Å². The third-order valence-corrected chi connectivity index (χ3v) is 2.10. The summed E-state index contributed by atoms with van der Waals surface area (Å²) in [5.74, 6) is 0. The van der Waals surface area contributed by atoms with Crippen LogP contribution in [0.5, 0.6) is 0 Å². The van der Waals surface area contributed by atoms with Crippen molar-refractivity contribution < 1.29 is 0 Å². The van der Waals surface area contributed by atoms with E-state index >= 15 is 0 Å². The molecule has 2 heterocycles. The van der Waals surface area contributed by atoms with Crippen LogP contribution in [0.15, 0.2) is 17.6 Å². The van der Waals surface area contributed by atoms with Gasteiger partial charge in [-0.2, -0.15) is 5.10 Å². The van der Waals surface area contributed by atoms with Crippen LogP contribution in [-0.2, 0) is 0 Å². The number of aromatic nitrogens is 2. The third-order valence-electron chi connectivity index (χ3n) is 2.10. The second-order valence-electron chi connectivity index (χ2n) is 2.92. The number of hydrogen-bond acceptors (Lipinski definition) is 4. The smallest absolute Gasteiger partial charge is 0.145 e. The monoisotopic (exact) mass is 166 g/mol. The Balaban J connectivity index is 2.16. The average molecular weight is 166 g/mol. The molecule has 0 saturated carbocycles. The zero-order valence-electron chi connectivity index (χ0n) is 6.60. The van der Waals surface area contributed by atoms with E-state index in [0.29, 0.717) is 11.7 Å². The summed E-state index contributed by atoms with van der Waals surface area (Å²) in [6.45, 7) is 1.95. The first-order chi connectivity index (χ1) is 5.90. The Morgan fingerprint density at radius 2 is 2.67 bits per heavy atom. The van der Waals surface area contributed by atoms with Crippen LogP contribution in [0.2, 0.25) is 0 Å². The van der Waals surface area contributed by atoms with Crippen LogP contribution in [0.25, 0.3) is 0 Å². The van der Waals surface area contributed by atoms with E-state index in [0.717, 1.165) is 19.5 Å². The van der Waals surface area contributed by atoms with Gasteiger partial charge in [0.1, 0.15) is 5.69 Å². The van der Waals surface area contributed by atoms with Gasteiger partial charge in [-0.1, -0.05) is 0 Å². The van der Waals surface area contributed by atoms with E-state index in [4.69, 9.17) is 0 Å². The molecule has 5 heteroatoms.